The van der Waals surface area contributed by atoms with Crippen LogP contribution in [0.1, 0.15) is 32.3 Å². The van der Waals surface area contributed by atoms with Crippen LogP contribution in [0.5, 0.6) is 0 Å². The molecular weight excluding hydrogens is 228 g/mol. The van der Waals surface area contributed by atoms with Crippen LogP contribution in [0.4, 0.5) is 11.4 Å². The third kappa shape index (κ3) is 2.63. The molecule has 98 valence electrons. The number of hydrogen-bond acceptors (Lipinski definition) is 3. The largest absolute Gasteiger partial charge is 0.382 e. The number of anilines is 1. The van der Waals surface area contributed by atoms with Crippen LogP contribution in [-0.2, 0) is 0 Å². The number of nitro benzene ring substituents is 1. The van der Waals surface area contributed by atoms with E-state index in [9.17, 15) is 10.1 Å². The zero-order valence-electron chi connectivity index (χ0n) is 11.1. The van der Waals surface area contributed by atoms with Crippen molar-refractivity contribution >= 4 is 11.4 Å². The zero-order chi connectivity index (χ0) is 13.3. The predicted octanol–water partition coefficient (Wildman–Crippen LogP) is 3.75. The molecule has 3 atom stereocenters. The summed E-state index contributed by atoms with van der Waals surface area (Å²) in [5.74, 6) is 1.34. The molecule has 0 bridgehead atoms. The Morgan fingerprint density at radius 3 is 2.56 bits per heavy atom. The molecule has 18 heavy (non-hydrogen) atoms. The SMILES string of the molecule is Cc1cc(NC2CCC(C)C2C)cc([N+](=O)[O-])c1. The molecule has 1 aromatic rings. The van der Waals surface area contributed by atoms with Crippen molar-refractivity contribution in [2.75, 3.05) is 5.32 Å². The average Bonchev–Trinajstić information content (AvgIpc) is 2.60. The first-order valence-corrected chi connectivity index (χ1v) is 6.50. The molecule has 1 N–H and O–H groups in total. The van der Waals surface area contributed by atoms with E-state index < -0.39 is 0 Å². The van der Waals surface area contributed by atoms with Crippen molar-refractivity contribution in [2.45, 2.75) is 39.7 Å². The molecule has 0 heterocycles. The van der Waals surface area contributed by atoms with E-state index >= 15 is 0 Å². The summed E-state index contributed by atoms with van der Waals surface area (Å²) < 4.78 is 0. The van der Waals surface area contributed by atoms with Gasteiger partial charge in [0.2, 0.25) is 0 Å². The molecule has 3 unspecified atom stereocenters. The van der Waals surface area contributed by atoms with Gasteiger partial charge in [-0.15, -0.1) is 0 Å². The number of non-ortho nitro benzene ring substituents is 1. The predicted molar refractivity (Wildman–Crippen MR) is 72.8 cm³/mol. The molecule has 0 radical (unpaired) electrons. The third-order valence-electron chi connectivity index (χ3n) is 4.09. The highest BCUT2D eigenvalue weighted by Crippen LogP contribution is 2.34. The van der Waals surface area contributed by atoms with Gasteiger partial charge in [-0.1, -0.05) is 13.8 Å². The van der Waals surface area contributed by atoms with Crippen LogP contribution in [-0.4, -0.2) is 11.0 Å². The van der Waals surface area contributed by atoms with Crippen LogP contribution in [0.25, 0.3) is 0 Å². The highest BCUT2D eigenvalue weighted by molar-refractivity contribution is 5.54. The van der Waals surface area contributed by atoms with Gasteiger partial charge in [0, 0.05) is 23.9 Å². The number of nitrogens with one attached hydrogen (secondary N) is 1. The van der Waals surface area contributed by atoms with Crippen molar-refractivity contribution in [3.8, 4) is 0 Å². The fraction of sp³-hybridized carbons (Fsp3) is 0.571. The van der Waals surface area contributed by atoms with Gasteiger partial charge in [-0.3, -0.25) is 10.1 Å². The standard InChI is InChI=1S/C14H20N2O2/c1-9-6-12(8-13(7-9)16(17)18)15-14-5-4-10(2)11(14)3/h6-8,10-11,14-15H,4-5H2,1-3H3. The number of nitrogens with zero attached hydrogens (tertiary/aromatic N) is 1. The molecule has 0 saturated heterocycles. The minimum absolute atomic E-state index is 0.163. The first-order valence-electron chi connectivity index (χ1n) is 6.50. The van der Waals surface area contributed by atoms with Crippen LogP contribution in [0, 0.1) is 28.9 Å². The van der Waals surface area contributed by atoms with Gasteiger partial charge in [0.25, 0.3) is 5.69 Å². The molecule has 0 aliphatic heterocycles. The second-order valence-corrected chi connectivity index (χ2v) is 5.48. The Bertz CT molecular complexity index is 459. The van der Waals surface area contributed by atoms with Crippen LogP contribution >= 0.6 is 0 Å². The van der Waals surface area contributed by atoms with E-state index in [0.717, 1.165) is 23.6 Å². The van der Waals surface area contributed by atoms with Crippen LogP contribution < -0.4 is 5.32 Å². The minimum Gasteiger partial charge on any atom is -0.382 e. The van der Waals surface area contributed by atoms with Gasteiger partial charge < -0.3 is 5.32 Å². The molecule has 4 nitrogen and oxygen atoms in total. The van der Waals surface area contributed by atoms with Crippen LogP contribution in [0.3, 0.4) is 0 Å². The average molecular weight is 248 g/mol. The lowest BCUT2D eigenvalue weighted by Crippen LogP contribution is -2.24. The summed E-state index contributed by atoms with van der Waals surface area (Å²) in [7, 11) is 0. The Morgan fingerprint density at radius 1 is 1.28 bits per heavy atom. The number of rotatable bonds is 3. The van der Waals surface area contributed by atoms with E-state index in [1.807, 2.05) is 13.0 Å². The Labute approximate surface area is 108 Å². The minimum atomic E-state index is -0.334. The summed E-state index contributed by atoms with van der Waals surface area (Å²) in [5.41, 5.74) is 1.95. The molecule has 1 aliphatic carbocycles. The van der Waals surface area contributed by atoms with E-state index in [0.29, 0.717) is 12.0 Å². The molecule has 0 amide bonds. The smallest absolute Gasteiger partial charge is 0.271 e. The van der Waals surface area contributed by atoms with E-state index in [2.05, 4.69) is 19.2 Å². The maximum Gasteiger partial charge on any atom is 0.271 e. The van der Waals surface area contributed by atoms with Crippen LogP contribution in [0.15, 0.2) is 18.2 Å². The highest BCUT2D eigenvalue weighted by Gasteiger charge is 2.29. The number of hydrogen-bond donors (Lipinski definition) is 1. The van der Waals surface area contributed by atoms with Crippen molar-refractivity contribution in [1.82, 2.24) is 0 Å². The Kier molecular flexibility index (Phi) is 3.55. The van der Waals surface area contributed by atoms with E-state index in [1.54, 1.807) is 12.1 Å². The fourth-order valence-corrected chi connectivity index (χ4v) is 2.73. The number of aryl methyl sites for hydroxylation is 1. The summed E-state index contributed by atoms with van der Waals surface area (Å²) in [6.07, 6.45) is 2.37. The lowest BCUT2D eigenvalue weighted by atomic mass is 9.97. The van der Waals surface area contributed by atoms with E-state index in [4.69, 9.17) is 0 Å². The highest BCUT2D eigenvalue weighted by atomic mass is 16.6. The molecular formula is C14H20N2O2. The fourth-order valence-electron chi connectivity index (χ4n) is 2.73. The summed E-state index contributed by atoms with van der Waals surface area (Å²) in [5, 5.41) is 14.3. The van der Waals surface area contributed by atoms with Gasteiger partial charge in [-0.2, -0.15) is 0 Å². The molecule has 1 saturated carbocycles. The summed E-state index contributed by atoms with van der Waals surface area (Å²) in [4.78, 5) is 10.5. The molecule has 1 aliphatic rings. The molecule has 2 rings (SSSR count). The summed E-state index contributed by atoms with van der Waals surface area (Å²) >= 11 is 0. The molecule has 1 aromatic carbocycles. The zero-order valence-corrected chi connectivity index (χ0v) is 11.1. The van der Waals surface area contributed by atoms with E-state index in [1.165, 1.54) is 6.42 Å². The topological polar surface area (TPSA) is 55.2 Å². The van der Waals surface area contributed by atoms with E-state index in [-0.39, 0.29) is 10.6 Å². The number of nitro groups is 1. The van der Waals surface area contributed by atoms with Crippen molar-refractivity contribution in [2.24, 2.45) is 11.8 Å². The molecule has 4 heteroatoms. The lowest BCUT2D eigenvalue weighted by molar-refractivity contribution is -0.384. The summed E-state index contributed by atoms with van der Waals surface area (Å²) in [6, 6.07) is 5.64. The quantitative estimate of drug-likeness (QED) is 0.654. The maximum absolute atomic E-state index is 10.8. The first kappa shape index (κ1) is 12.9. The van der Waals surface area contributed by atoms with Gasteiger partial charge in [-0.25, -0.2) is 0 Å². The summed E-state index contributed by atoms with van der Waals surface area (Å²) in [6.45, 7) is 6.41. The normalized spacial score (nSPS) is 27.2. The lowest BCUT2D eigenvalue weighted by Gasteiger charge is -2.21. The third-order valence-corrected chi connectivity index (χ3v) is 4.09. The first-order chi connectivity index (χ1) is 8.47. The van der Waals surface area contributed by atoms with Gasteiger partial charge in [0.1, 0.15) is 0 Å². The van der Waals surface area contributed by atoms with Gasteiger partial charge >= 0.3 is 0 Å². The Balaban J connectivity index is 2.16. The second kappa shape index (κ2) is 4.96. The maximum atomic E-state index is 10.8. The molecule has 1 fully saturated rings. The van der Waals surface area contributed by atoms with Crippen molar-refractivity contribution in [1.29, 1.82) is 0 Å². The van der Waals surface area contributed by atoms with Crippen LogP contribution in [0.2, 0.25) is 0 Å². The second-order valence-electron chi connectivity index (χ2n) is 5.48. The van der Waals surface area contributed by atoms with Crippen molar-refractivity contribution in [3.05, 3.63) is 33.9 Å². The van der Waals surface area contributed by atoms with Crippen molar-refractivity contribution in [3.63, 3.8) is 0 Å². The monoisotopic (exact) mass is 248 g/mol. The van der Waals surface area contributed by atoms with Gasteiger partial charge in [0.15, 0.2) is 0 Å². The van der Waals surface area contributed by atoms with Gasteiger partial charge in [0.05, 0.1) is 4.92 Å². The van der Waals surface area contributed by atoms with Gasteiger partial charge in [-0.05, 0) is 43.2 Å². The Hall–Kier alpha value is -1.58. The molecule has 0 spiro atoms. The molecule has 0 aromatic heterocycles. The number of benzene rings is 1. The van der Waals surface area contributed by atoms with Crippen molar-refractivity contribution < 1.29 is 4.92 Å². The Morgan fingerprint density at radius 2 is 2.00 bits per heavy atom.